The fraction of sp³-hybridized carbons (Fsp3) is 0.600. The first-order chi connectivity index (χ1) is 12.6. The van der Waals surface area contributed by atoms with Crippen LogP contribution in [-0.4, -0.2) is 57.6 Å². The van der Waals surface area contributed by atoms with E-state index < -0.39 is 0 Å². The van der Waals surface area contributed by atoms with Crippen molar-refractivity contribution in [2.24, 2.45) is 10.9 Å². The standard InChI is InChI=1S/C20H32N4O2/c1-15(17-7-5-6-8-18(17)26-4)14-23-20(22-3)24-11-9-16(10-12-24)13-19(25)21-2/h5-8,15-16H,9-14H2,1-4H3,(H,21,25)(H,22,23). The van der Waals surface area contributed by atoms with Gasteiger partial charge < -0.3 is 20.3 Å². The molecule has 2 rings (SSSR count). The molecule has 0 aromatic heterocycles. The minimum atomic E-state index is 0.136. The number of benzene rings is 1. The topological polar surface area (TPSA) is 66.0 Å². The SMILES string of the molecule is CN=C(NCC(C)c1ccccc1OC)N1CCC(CC(=O)NC)CC1. The van der Waals surface area contributed by atoms with Crippen molar-refractivity contribution >= 4 is 11.9 Å². The van der Waals surface area contributed by atoms with Gasteiger partial charge in [-0.2, -0.15) is 0 Å². The summed E-state index contributed by atoms with van der Waals surface area (Å²) in [6, 6.07) is 8.14. The highest BCUT2D eigenvalue weighted by Gasteiger charge is 2.23. The first-order valence-electron chi connectivity index (χ1n) is 9.38. The monoisotopic (exact) mass is 360 g/mol. The number of piperidine rings is 1. The summed E-state index contributed by atoms with van der Waals surface area (Å²) in [6.45, 7) is 4.85. The normalized spacial score (nSPS) is 16.9. The van der Waals surface area contributed by atoms with Gasteiger partial charge in [0.15, 0.2) is 5.96 Å². The number of guanidine groups is 1. The van der Waals surface area contributed by atoms with Crippen molar-refractivity contribution in [3.63, 3.8) is 0 Å². The first kappa shape index (κ1) is 20.1. The molecule has 0 spiro atoms. The third-order valence-electron chi connectivity index (χ3n) is 5.11. The van der Waals surface area contributed by atoms with Gasteiger partial charge in [-0.1, -0.05) is 25.1 Å². The molecular formula is C20H32N4O2. The molecule has 1 unspecified atom stereocenters. The average Bonchev–Trinajstić information content (AvgIpc) is 2.69. The molecule has 1 aromatic rings. The molecule has 1 aromatic carbocycles. The maximum atomic E-state index is 11.5. The van der Waals surface area contributed by atoms with Gasteiger partial charge in [0.25, 0.3) is 0 Å². The molecule has 6 heteroatoms. The lowest BCUT2D eigenvalue weighted by Crippen LogP contribution is -2.46. The number of nitrogens with zero attached hydrogens (tertiary/aromatic N) is 2. The van der Waals surface area contributed by atoms with Crippen LogP contribution < -0.4 is 15.4 Å². The molecule has 0 aliphatic carbocycles. The Labute approximate surface area is 157 Å². The lowest BCUT2D eigenvalue weighted by atomic mass is 9.93. The average molecular weight is 361 g/mol. The van der Waals surface area contributed by atoms with E-state index in [0.717, 1.165) is 44.2 Å². The highest BCUT2D eigenvalue weighted by atomic mass is 16.5. The molecule has 2 N–H and O–H groups in total. The van der Waals surface area contributed by atoms with Crippen molar-refractivity contribution in [2.75, 3.05) is 40.8 Å². The van der Waals surface area contributed by atoms with Crippen LogP contribution in [0.5, 0.6) is 5.75 Å². The summed E-state index contributed by atoms with van der Waals surface area (Å²) in [5.41, 5.74) is 1.20. The quantitative estimate of drug-likeness (QED) is 0.603. The van der Waals surface area contributed by atoms with Gasteiger partial charge in [0.1, 0.15) is 5.75 Å². The van der Waals surface area contributed by atoms with E-state index >= 15 is 0 Å². The predicted octanol–water partition coefficient (Wildman–Crippen LogP) is 2.22. The van der Waals surface area contributed by atoms with Gasteiger partial charge in [0.2, 0.25) is 5.91 Å². The number of methoxy groups -OCH3 is 1. The number of aliphatic imine (C=N–C) groups is 1. The summed E-state index contributed by atoms with van der Waals surface area (Å²) < 4.78 is 5.47. The summed E-state index contributed by atoms with van der Waals surface area (Å²) >= 11 is 0. The van der Waals surface area contributed by atoms with E-state index in [9.17, 15) is 4.79 Å². The van der Waals surface area contributed by atoms with Crippen LogP contribution in [0.25, 0.3) is 0 Å². The van der Waals surface area contributed by atoms with Crippen LogP contribution in [-0.2, 0) is 4.79 Å². The van der Waals surface area contributed by atoms with E-state index in [-0.39, 0.29) is 5.91 Å². The maximum absolute atomic E-state index is 11.5. The van der Waals surface area contributed by atoms with E-state index in [0.29, 0.717) is 18.3 Å². The van der Waals surface area contributed by atoms with Gasteiger partial charge in [-0.15, -0.1) is 0 Å². The third-order valence-corrected chi connectivity index (χ3v) is 5.11. The molecule has 0 radical (unpaired) electrons. The van der Waals surface area contributed by atoms with Crippen molar-refractivity contribution < 1.29 is 9.53 Å². The smallest absolute Gasteiger partial charge is 0.220 e. The van der Waals surface area contributed by atoms with Crippen LogP contribution in [0.2, 0.25) is 0 Å². The van der Waals surface area contributed by atoms with Crippen LogP contribution >= 0.6 is 0 Å². The number of amides is 1. The van der Waals surface area contributed by atoms with Gasteiger partial charge in [-0.05, 0) is 30.4 Å². The van der Waals surface area contributed by atoms with E-state index in [4.69, 9.17) is 4.74 Å². The minimum absolute atomic E-state index is 0.136. The van der Waals surface area contributed by atoms with Crippen LogP contribution in [0.4, 0.5) is 0 Å². The summed E-state index contributed by atoms with van der Waals surface area (Å²) in [7, 11) is 5.24. The van der Waals surface area contributed by atoms with E-state index in [1.54, 1.807) is 14.2 Å². The van der Waals surface area contributed by atoms with Gasteiger partial charge in [-0.3, -0.25) is 9.79 Å². The number of ether oxygens (including phenoxy) is 1. The number of carbonyl (C=O) groups is 1. The molecule has 1 saturated heterocycles. The molecule has 1 aliphatic heterocycles. The number of likely N-dealkylation sites (tertiary alicyclic amines) is 1. The molecule has 1 atom stereocenters. The first-order valence-corrected chi connectivity index (χ1v) is 9.38. The fourth-order valence-corrected chi connectivity index (χ4v) is 3.47. The molecule has 1 heterocycles. The number of carbonyl (C=O) groups excluding carboxylic acids is 1. The Bertz CT molecular complexity index is 610. The fourth-order valence-electron chi connectivity index (χ4n) is 3.47. The second-order valence-corrected chi connectivity index (χ2v) is 6.88. The highest BCUT2D eigenvalue weighted by Crippen LogP contribution is 2.26. The Morgan fingerprint density at radius 1 is 1.35 bits per heavy atom. The summed E-state index contributed by atoms with van der Waals surface area (Å²) in [5, 5.41) is 6.21. The number of hydrogen-bond donors (Lipinski definition) is 2. The maximum Gasteiger partial charge on any atom is 0.220 e. The number of rotatable bonds is 6. The van der Waals surface area contributed by atoms with E-state index in [2.05, 4.69) is 33.5 Å². The van der Waals surface area contributed by atoms with E-state index in [1.165, 1.54) is 5.56 Å². The van der Waals surface area contributed by atoms with Crippen LogP contribution in [0, 0.1) is 5.92 Å². The van der Waals surface area contributed by atoms with E-state index in [1.807, 2.05) is 25.2 Å². The Morgan fingerprint density at radius 2 is 2.04 bits per heavy atom. The lowest BCUT2D eigenvalue weighted by Gasteiger charge is -2.34. The van der Waals surface area contributed by atoms with Crippen LogP contribution in [0.1, 0.15) is 37.7 Å². The molecule has 6 nitrogen and oxygen atoms in total. The molecule has 0 bridgehead atoms. The van der Waals surface area contributed by atoms with Gasteiger partial charge >= 0.3 is 0 Å². The Morgan fingerprint density at radius 3 is 2.65 bits per heavy atom. The number of para-hydroxylation sites is 1. The highest BCUT2D eigenvalue weighted by molar-refractivity contribution is 5.80. The summed E-state index contributed by atoms with van der Waals surface area (Å²) in [5.74, 6) is 2.78. The number of hydrogen-bond acceptors (Lipinski definition) is 3. The molecule has 1 amide bonds. The third kappa shape index (κ3) is 5.38. The number of nitrogens with one attached hydrogen (secondary N) is 2. The molecule has 1 fully saturated rings. The van der Waals surface area contributed by atoms with Crippen molar-refractivity contribution in [1.82, 2.24) is 15.5 Å². The van der Waals surface area contributed by atoms with Gasteiger partial charge in [0.05, 0.1) is 7.11 Å². The van der Waals surface area contributed by atoms with Crippen LogP contribution in [0.3, 0.4) is 0 Å². The van der Waals surface area contributed by atoms with Crippen molar-refractivity contribution in [3.05, 3.63) is 29.8 Å². The lowest BCUT2D eigenvalue weighted by molar-refractivity contribution is -0.121. The van der Waals surface area contributed by atoms with Crippen molar-refractivity contribution in [2.45, 2.75) is 32.1 Å². The zero-order valence-corrected chi connectivity index (χ0v) is 16.4. The zero-order chi connectivity index (χ0) is 18.9. The second-order valence-electron chi connectivity index (χ2n) is 6.88. The molecule has 0 saturated carbocycles. The Kier molecular flexibility index (Phi) is 7.75. The van der Waals surface area contributed by atoms with Gasteiger partial charge in [-0.25, -0.2) is 0 Å². The largest absolute Gasteiger partial charge is 0.496 e. The Hall–Kier alpha value is -2.24. The van der Waals surface area contributed by atoms with Crippen molar-refractivity contribution in [1.29, 1.82) is 0 Å². The summed E-state index contributed by atoms with van der Waals surface area (Å²) in [6.07, 6.45) is 2.67. The van der Waals surface area contributed by atoms with Crippen LogP contribution in [0.15, 0.2) is 29.3 Å². The summed E-state index contributed by atoms with van der Waals surface area (Å²) in [4.78, 5) is 18.3. The van der Waals surface area contributed by atoms with Crippen molar-refractivity contribution in [3.8, 4) is 5.75 Å². The molecule has 26 heavy (non-hydrogen) atoms. The zero-order valence-electron chi connectivity index (χ0n) is 16.4. The molecule has 1 aliphatic rings. The molecule has 144 valence electrons. The van der Waals surface area contributed by atoms with Gasteiger partial charge in [0, 0.05) is 46.1 Å². The Balaban J connectivity index is 1.85. The second kappa shape index (κ2) is 10.0. The molecular weight excluding hydrogens is 328 g/mol. The minimum Gasteiger partial charge on any atom is -0.496 e. The predicted molar refractivity (Wildman–Crippen MR) is 106 cm³/mol.